The second kappa shape index (κ2) is 8.16. The normalized spacial score (nSPS) is 10.5. The van der Waals surface area contributed by atoms with E-state index in [1.54, 1.807) is 24.3 Å². The summed E-state index contributed by atoms with van der Waals surface area (Å²) in [5.74, 6) is -0.149. The van der Waals surface area contributed by atoms with E-state index in [1.165, 1.54) is 0 Å². The minimum atomic E-state index is -0.346. The van der Waals surface area contributed by atoms with Crippen molar-refractivity contribution in [1.82, 2.24) is 15.2 Å². The molecule has 1 heterocycles. The Morgan fingerprint density at radius 1 is 1.19 bits per heavy atom. The number of hydrogen-bond acceptors (Lipinski definition) is 5. The monoisotopic (exact) mass is 386 g/mol. The van der Waals surface area contributed by atoms with Gasteiger partial charge in [0.15, 0.2) is 10.9 Å². The van der Waals surface area contributed by atoms with E-state index < -0.39 is 0 Å². The predicted molar refractivity (Wildman–Crippen MR) is 104 cm³/mol. The van der Waals surface area contributed by atoms with Gasteiger partial charge in [-0.2, -0.15) is 0 Å². The number of H-pyrrole nitrogens is 1. The molecule has 0 unspecified atom stereocenters. The summed E-state index contributed by atoms with van der Waals surface area (Å²) in [7, 11) is 0. The van der Waals surface area contributed by atoms with Crippen LogP contribution in [0.25, 0.3) is 11.3 Å². The third-order valence-electron chi connectivity index (χ3n) is 3.45. The number of anilines is 1. The molecular weight excluding hydrogens is 372 g/mol. The maximum absolute atomic E-state index is 12.2. The number of carbonyl (C=O) groups is 1. The van der Waals surface area contributed by atoms with Crippen molar-refractivity contribution in [3.05, 3.63) is 69.5 Å². The van der Waals surface area contributed by atoms with Crippen LogP contribution in [-0.2, 0) is 4.79 Å². The van der Waals surface area contributed by atoms with Crippen molar-refractivity contribution in [1.29, 1.82) is 0 Å². The van der Waals surface area contributed by atoms with Crippen molar-refractivity contribution in [2.45, 2.75) is 12.1 Å². The van der Waals surface area contributed by atoms with Crippen molar-refractivity contribution in [3.63, 3.8) is 0 Å². The molecule has 1 amide bonds. The third kappa shape index (κ3) is 4.71. The summed E-state index contributed by atoms with van der Waals surface area (Å²) >= 11 is 6.98. The zero-order valence-electron chi connectivity index (χ0n) is 13.8. The first-order valence-corrected chi connectivity index (χ1v) is 9.10. The van der Waals surface area contributed by atoms with Gasteiger partial charge in [-0.3, -0.25) is 14.6 Å². The molecule has 0 radical (unpaired) electrons. The zero-order valence-corrected chi connectivity index (χ0v) is 15.4. The van der Waals surface area contributed by atoms with Crippen LogP contribution in [0.3, 0.4) is 0 Å². The highest BCUT2D eigenvalue weighted by molar-refractivity contribution is 7.99. The minimum absolute atomic E-state index is 0.0843. The van der Waals surface area contributed by atoms with Gasteiger partial charge in [0.2, 0.25) is 5.91 Å². The van der Waals surface area contributed by atoms with Crippen LogP contribution in [0, 0.1) is 6.92 Å². The van der Waals surface area contributed by atoms with Crippen molar-refractivity contribution in [2.24, 2.45) is 0 Å². The molecule has 3 rings (SSSR count). The molecule has 0 saturated carbocycles. The van der Waals surface area contributed by atoms with Crippen LogP contribution >= 0.6 is 23.4 Å². The number of aromatic amines is 1. The highest BCUT2D eigenvalue weighted by atomic mass is 35.5. The van der Waals surface area contributed by atoms with Crippen LogP contribution in [0.2, 0.25) is 5.02 Å². The Morgan fingerprint density at radius 2 is 1.96 bits per heavy atom. The number of carbonyl (C=O) groups excluding carboxylic acids is 1. The fraction of sp³-hybridized carbons (Fsp3) is 0.111. The lowest BCUT2D eigenvalue weighted by atomic mass is 10.1. The van der Waals surface area contributed by atoms with Gasteiger partial charge < -0.3 is 5.32 Å². The number of nitrogens with one attached hydrogen (secondary N) is 2. The fourth-order valence-corrected chi connectivity index (χ4v) is 2.98. The van der Waals surface area contributed by atoms with E-state index in [1.807, 2.05) is 31.2 Å². The Kier molecular flexibility index (Phi) is 5.70. The van der Waals surface area contributed by atoms with Gasteiger partial charge in [0.25, 0.3) is 5.56 Å². The second-order valence-corrected chi connectivity index (χ2v) is 6.92. The maximum Gasteiger partial charge on any atom is 0.278 e. The topological polar surface area (TPSA) is 87.7 Å². The highest BCUT2D eigenvalue weighted by Gasteiger charge is 2.10. The van der Waals surface area contributed by atoms with Crippen molar-refractivity contribution < 1.29 is 4.79 Å². The number of benzene rings is 2. The van der Waals surface area contributed by atoms with Gasteiger partial charge in [-0.25, -0.2) is 0 Å². The SMILES string of the molecule is Cc1ccc(-c2nnc(SCC(=O)Nc3cccc(Cl)c3)[nH]c2=O)cc1. The van der Waals surface area contributed by atoms with Crippen LogP contribution in [0.1, 0.15) is 5.56 Å². The summed E-state index contributed by atoms with van der Waals surface area (Å²) in [5, 5.41) is 11.5. The summed E-state index contributed by atoms with van der Waals surface area (Å²) in [4.78, 5) is 26.8. The Morgan fingerprint density at radius 3 is 2.65 bits per heavy atom. The summed E-state index contributed by atoms with van der Waals surface area (Å²) in [6.45, 7) is 1.97. The molecule has 3 aromatic rings. The van der Waals surface area contributed by atoms with Gasteiger partial charge in [-0.15, -0.1) is 10.2 Å². The van der Waals surface area contributed by atoms with Gasteiger partial charge in [-0.1, -0.05) is 59.3 Å². The quantitative estimate of drug-likeness (QED) is 0.655. The van der Waals surface area contributed by atoms with Crippen LogP contribution in [0.15, 0.2) is 58.5 Å². The predicted octanol–water partition coefficient (Wildman–Crippen LogP) is 3.52. The smallest absolute Gasteiger partial charge is 0.278 e. The summed E-state index contributed by atoms with van der Waals surface area (Å²) in [6, 6.07) is 14.3. The average molecular weight is 387 g/mol. The molecule has 0 spiro atoms. The number of aromatic nitrogens is 3. The van der Waals surface area contributed by atoms with E-state index in [4.69, 9.17) is 11.6 Å². The van der Waals surface area contributed by atoms with Crippen molar-refractivity contribution in [2.75, 3.05) is 11.1 Å². The molecule has 2 aromatic carbocycles. The first kappa shape index (κ1) is 18.2. The van der Waals surface area contributed by atoms with Crippen molar-refractivity contribution >= 4 is 35.0 Å². The fourth-order valence-electron chi connectivity index (χ4n) is 2.18. The summed E-state index contributed by atoms with van der Waals surface area (Å²) in [6.07, 6.45) is 0. The molecule has 26 heavy (non-hydrogen) atoms. The van der Waals surface area contributed by atoms with Gasteiger partial charge in [-0.05, 0) is 25.1 Å². The second-order valence-electron chi connectivity index (χ2n) is 5.52. The number of thioether (sulfide) groups is 1. The summed E-state index contributed by atoms with van der Waals surface area (Å²) < 4.78 is 0. The van der Waals surface area contributed by atoms with Gasteiger partial charge in [0.1, 0.15) is 0 Å². The van der Waals surface area contributed by atoms with E-state index in [2.05, 4.69) is 20.5 Å². The van der Waals surface area contributed by atoms with Crippen LogP contribution in [-0.4, -0.2) is 26.8 Å². The first-order valence-electron chi connectivity index (χ1n) is 7.73. The summed E-state index contributed by atoms with van der Waals surface area (Å²) in [5.41, 5.74) is 2.30. The molecule has 8 heteroatoms. The molecule has 0 aliphatic heterocycles. The van der Waals surface area contributed by atoms with Gasteiger partial charge >= 0.3 is 0 Å². The van der Waals surface area contributed by atoms with E-state index in [0.29, 0.717) is 16.3 Å². The molecule has 0 atom stereocenters. The average Bonchev–Trinajstić information content (AvgIpc) is 2.61. The lowest BCUT2D eigenvalue weighted by Crippen LogP contribution is -2.17. The molecule has 0 saturated heterocycles. The van der Waals surface area contributed by atoms with E-state index in [0.717, 1.165) is 17.3 Å². The van der Waals surface area contributed by atoms with E-state index in [9.17, 15) is 9.59 Å². The number of rotatable bonds is 5. The number of nitrogens with zero attached hydrogens (tertiary/aromatic N) is 2. The van der Waals surface area contributed by atoms with E-state index >= 15 is 0 Å². The molecule has 1 aromatic heterocycles. The van der Waals surface area contributed by atoms with Crippen molar-refractivity contribution in [3.8, 4) is 11.3 Å². The molecule has 2 N–H and O–H groups in total. The van der Waals surface area contributed by atoms with Gasteiger partial charge in [0, 0.05) is 16.3 Å². The zero-order chi connectivity index (χ0) is 18.5. The molecule has 0 fully saturated rings. The Labute approximate surface area is 159 Å². The van der Waals surface area contributed by atoms with Gasteiger partial charge in [0.05, 0.1) is 5.75 Å². The molecule has 0 bridgehead atoms. The minimum Gasteiger partial charge on any atom is -0.325 e. The van der Waals surface area contributed by atoms with Crippen LogP contribution < -0.4 is 10.9 Å². The first-order chi connectivity index (χ1) is 12.5. The molecule has 132 valence electrons. The molecule has 6 nitrogen and oxygen atoms in total. The van der Waals surface area contributed by atoms with Crippen LogP contribution in [0.5, 0.6) is 0 Å². The molecular formula is C18H15ClN4O2S. The largest absolute Gasteiger partial charge is 0.325 e. The maximum atomic E-state index is 12.2. The Balaban J connectivity index is 1.63. The number of aryl methyl sites for hydroxylation is 1. The molecule has 0 aliphatic carbocycles. The van der Waals surface area contributed by atoms with Crippen LogP contribution in [0.4, 0.5) is 5.69 Å². The Hall–Kier alpha value is -2.64. The number of amides is 1. The lowest BCUT2D eigenvalue weighted by Gasteiger charge is -2.05. The molecule has 0 aliphatic rings. The number of halogens is 1. The standard InChI is InChI=1S/C18H15ClN4O2S/c1-11-5-7-12(8-6-11)16-17(25)21-18(23-22-16)26-10-15(24)20-14-4-2-3-13(19)9-14/h2-9H,10H2,1H3,(H,20,24)(H,21,23,25). The van der Waals surface area contributed by atoms with E-state index in [-0.39, 0.29) is 28.1 Å². The Bertz CT molecular complexity index is 989. The highest BCUT2D eigenvalue weighted by Crippen LogP contribution is 2.17. The lowest BCUT2D eigenvalue weighted by molar-refractivity contribution is -0.113. The third-order valence-corrected chi connectivity index (χ3v) is 4.55. The number of hydrogen-bond donors (Lipinski definition) is 2.